The van der Waals surface area contributed by atoms with Crippen molar-refractivity contribution >= 4 is 11.9 Å². The quantitative estimate of drug-likeness (QED) is 0.482. The number of aliphatic hydroxyl groups is 2. The Morgan fingerprint density at radius 1 is 1.06 bits per heavy atom. The van der Waals surface area contributed by atoms with Gasteiger partial charge in [0, 0.05) is 12.3 Å². The molecule has 0 radical (unpaired) electrons. The van der Waals surface area contributed by atoms with E-state index in [1.165, 1.54) is 0 Å². The van der Waals surface area contributed by atoms with E-state index in [1.807, 2.05) is 13.8 Å². The molecular formula is C28H43NO6. The molecule has 1 fully saturated rings. The lowest BCUT2D eigenvalue weighted by atomic mass is 9.82. The highest BCUT2D eigenvalue weighted by Crippen LogP contribution is 2.37. The maximum absolute atomic E-state index is 12.7. The van der Waals surface area contributed by atoms with E-state index in [0.29, 0.717) is 31.1 Å². The Kier molecular flexibility index (Phi) is 11.5. The van der Waals surface area contributed by atoms with Crippen LogP contribution in [-0.4, -0.2) is 45.6 Å². The molecule has 2 aliphatic rings. The lowest BCUT2D eigenvalue weighted by Gasteiger charge is -2.28. The van der Waals surface area contributed by atoms with Gasteiger partial charge in [-0.25, -0.2) is 0 Å². The number of aliphatic hydroxyl groups excluding tert-OH is 2. The van der Waals surface area contributed by atoms with Gasteiger partial charge in [-0.2, -0.15) is 5.26 Å². The van der Waals surface area contributed by atoms with Crippen LogP contribution in [0.4, 0.5) is 0 Å². The average molecular weight is 490 g/mol. The van der Waals surface area contributed by atoms with E-state index in [1.54, 1.807) is 18.2 Å². The minimum Gasteiger partial charge on any atom is -0.481 e. The van der Waals surface area contributed by atoms with Gasteiger partial charge in [0.15, 0.2) is 0 Å². The second-order valence-corrected chi connectivity index (χ2v) is 11.1. The third-order valence-corrected chi connectivity index (χ3v) is 7.80. The molecule has 0 amide bonds. The average Bonchev–Trinajstić information content (AvgIpc) is 3.27. The number of carbonyl (C=O) groups is 2. The van der Waals surface area contributed by atoms with Crippen LogP contribution in [-0.2, 0) is 14.3 Å². The maximum Gasteiger partial charge on any atom is 0.308 e. The molecule has 0 aromatic carbocycles. The fourth-order valence-electron chi connectivity index (χ4n) is 5.97. The van der Waals surface area contributed by atoms with Gasteiger partial charge in [-0.05, 0) is 61.9 Å². The van der Waals surface area contributed by atoms with Crippen LogP contribution in [0.1, 0.15) is 79.1 Å². The first-order valence-corrected chi connectivity index (χ1v) is 13.1. The highest BCUT2D eigenvalue weighted by molar-refractivity contribution is 5.72. The van der Waals surface area contributed by atoms with Crippen LogP contribution in [0.25, 0.3) is 0 Å². The number of carbonyl (C=O) groups excluding carboxylic acids is 1. The van der Waals surface area contributed by atoms with Crippen molar-refractivity contribution < 1.29 is 29.6 Å². The van der Waals surface area contributed by atoms with Crippen molar-refractivity contribution in [2.75, 3.05) is 0 Å². The van der Waals surface area contributed by atoms with Crippen molar-refractivity contribution in [3.05, 3.63) is 23.8 Å². The fourth-order valence-corrected chi connectivity index (χ4v) is 5.97. The summed E-state index contributed by atoms with van der Waals surface area (Å²) in [4.78, 5) is 24.5. The van der Waals surface area contributed by atoms with Crippen molar-refractivity contribution in [1.82, 2.24) is 0 Å². The number of hydrogen-bond acceptors (Lipinski definition) is 6. The van der Waals surface area contributed by atoms with Crippen molar-refractivity contribution in [3.63, 3.8) is 0 Å². The molecular weight excluding hydrogens is 446 g/mol. The summed E-state index contributed by atoms with van der Waals surface area (Å²) in [5, 5.41) is 40.6. The summed E-state index contributed by atoms with van der Waals surface area (Å²) < 4.78 is 5.77. The molecule has 9 atom stereocenters. The summed E-state index contributed by atoms with van der Waals surface area (Å²) in [5.41, 5.74) is 0.282. The Morgan fingerprint density at radius 2 is 1.71 bits per heavy atom. The van der Waals surface area contributed by atoms with Gasteiger partial charge >= 0.3 is 11.9 Å². The molecule has 0 spiro atoms. The van der Waals surface area contributed by atoms with Gasteiger partial charge in [0.25, 0.3) is 0 Å². The van der Waals surface area contributed by atoms with Gasteiger partial charge in [0.2, 0.25) is 0 Å². The number of nitriles is 1. The number of esters is 1. The molecule has 0 aromatic rings. The highest BCUT2D eigenvalue weighted by Gasteiger charge is 2.39. The number of cyclic esters (lactones) is 1. The normalized spacial score (nSPS) is 38.5. The molecule has 1 aliphatic carbocycles. The molecule has 196 valence electrons. The standard InChI is InChI=1S/C28H43NO6/c1-17-12-18(2)14-20(4)27(32)21(16-29)8-5-6-11-25(22-9-7-10-23(22)28(33)34)35-26(31)15-24(30)19(3)13-17/h5-6,8,17-20,22-25,27,30,32H,7,9-15H2,1-4H3,(H,33,34)/t17-,18+,19-,20-,22+,23+,24-,25-,27+/m0/s1. The fraction of sp³-hybridized carbons (Fsp3) is 0.750. The predicted molar refractivity (Wildman–Crippen MR) is 133 cm³/mol. The van der Waals surface area contributed by atoms with Gasteiger partial charge in [-0.3, -0.25) is 9.59 Å². The molecule has 1 aliphatic heterocycles. The molecule has 1 saturated carbocycles. The van der Waals surface area contributed by atoms with E-state index in [0.717, 1.165) is 25.7 Å². The number of aliphatic carboxylic acids is 1. The molecule has 0 unspecified atom stereocenters. The smallest absolute Gasteiger partial charge is 0.308 e. The zero-order valence-corrected chi connectivity index (χ0v) is 21.6. The van der Waals surface area contributed by atoms with Gasteiger partial charge in [-0.1, -0.05) is 46.3 Å². The van der Waals surface area contributed by atoms with E-state index in [4.69, 9.17) is 4.74 Å². The van der Waals surface area contributed by atoms with E-state index < -0.39 is 36.2 Å². The molecule has 3 N–H and O–H groups in total. The monoisotopic (exact) mass is 489 g/mol. The Hall–Kier alpha value is -2.17. The third-order valence-electron chi connectivity index (χ3n) is 7.80. The first-order valence-electron chi connectivity index (χ1n) is 13.1. The lowest BCUT2D eigenvalue weighted by Crippen LogP contribution is -2.34. The van der Waals surface area contributed by atoms with Crippen molar-refractivity contribution in [3.8, 4) is 6.07 Å². The minimum atomic E-state index is -0.882. The van der Waals surface area contributed by atoms with Gasteiger partial charge in [0.05, 0.1) is 36.2 Å². The molecule has 7 heteroatoms. The highest BCUT2D eigenvalue weighted by atomic mass is 16.5. The van der Waals surface area contributed by atoms with Crippen molar-refractivity contribution in [2.24, 2.45) is 35.5 Å². The Labute approximate surface area is 209 Å². The molecule has 1 heterocycles. The zero-order chi connectivity index (χ0) is 26.1. The molecule has 35 heavy (non-hydrogen) atoms. The second-order valence-electron chi connectivity index (χ2n) is 11.1. The van der Waals surface area contributed by atoms with Crippen LogP contribution in [0.15, 0.2) is 23.8 Å². The van der Waals surface area contributed by atoms with Gasteiger partial charge < -0.3 is 20.1 Å². The molecule has 0 bridgehead atoms. The largest absolute Gasteiger partial charge is 0.481 e. The number of rotatable bonds is 2. The Balaban J connectivity index is 2.30. The number of carboxylic acid groups (broad SMARTS) is 1. The number of ether oxygens (including phenoxy) is 1. The van der Waals surface area contributed by atoms with Gasteiger partial charge in [-0.15, -0.1) is 0 Å². The maximum atomic E-state index is 12.7. The van der Waals surface area contributed by atoms with Crippen LogP contribution in [0.3, 0.4) is 0 Å². The first-order chi connectivity index (χ1) is 16.5. The zero-order valence-electron chi connectivity index (χ0n) is 21.6. The van der Waals surface area contributed by atoms with Crippen LogP contribution < -0.4 is 0 Å². The van der Waals surface area contributed by atoms with Crippen molar-refractivity contribution in [1.29, 1.82) is 5.26 Å². The van der Waals surface area contributed by atoms with Crippen LogP contribution >= 0.6 is 0 Å². The van der Waals surface area contributed by atoms with Crippen LogP contribution in [0, 0.1) is 46.8 Å². The summed E-state index contributed by atoms with van der Waals surface area (Å²) in [6.45, 7) is 8.16. The predicted octanol–water partition coefficient (Wildman–Crippen LogP) is 4.64. The number of carboxylic acids is 1. The summed E-state index contributed by atoms with van der Waals surface area (Å²) in [6.07, 6.45) is 7.33. The number of hydrogen-bond donors (Lipinski definition) is 3. The van der Waals surface area contributed by atoms with E-state index in [-0.39, 0.29) is 29.7 Å². The molecule has 2 rings (SSSR count). The van der Waals surface area contributed by atoms with Crippen LogP contribution in [0.2, 0.25) is 0 Å². The first kappa shape index (κ1) is 29.1. The second kappa shape index (κ2) is 13.8. The van der Waals surface area contributed by atoms with E-state index in [9.17, 15) is 30.2 Å². The summed E-state index contributed by atoms with van der Waals surface area (Å²) in [7, 11) is 0. The minimum absolute atomic E-state index is 0.0816. The topological polar surface area (TPSA) is 128 Å². The van der Waals surface area contributed by atoms with E-state index >= 15 is 0 Å². The molecule has 0 aromatic heterocycles. The Morgan fingerprint density at radius 3 is 2.34 bits per heavy atom. The summed E-state index contributed by atoms with van der Waals surface area (Å²) >= 11 is 0. The van der Waals surface area contributed by atoms with Crippen LogP contribution in [0.5, 0.6) is 0 Å². The van der Waals surface area contributed by atoms with Gasteiger partial charge in [0.1, 0.15) is 6.10 Å². The van der Waals surface area contributed by atoms with E-state index in [2.05, 4.69) is 19.9 Å². The number of nitrogens with zero attached hydrogens (tertiary/aromatic N) is 1. The lowest BCUT2D eigenvalue weighted by molar-refractivity contribution is -0.159. The van der Waals surface area contributed by atoms with Crippen molar-refractivity contribution in [2.45, 2.75) is 97.4 Å². The summed E-state index contributed by atoms with van der Waals surface area (Å²) in [5.74, 6) is -1.77. The third kappa shape index (κ3) is 8.77. The SMILES string of the molecule is C[C@@H]1C[C@H](C)C[C@H](C)[C@@H](O)CC(=O)O[C@H]([C@@H]2CCC[C@H]2C(=O)O)CC=CC=C(C#N)[C@H](O)[C@@H](C)C1. The number of allylic oxidation sites excluding steroid dienone is 2. The molecule has 0 saturated heterocycles. The molecule has 7 nitrogen and oxygen atoms in total. The Bertz CT molecular complexity index is 815. The summed E-state index contributed by atoms with van der Waals surface area (Å²) in [6, 6.07) is 2.10.